The topological polar surface area (TPSA) is 87.5 Å². The number of benzene rings is 1. The molecule has 6 nitrogen and oxygen atoms in total. The maximum atomic E-state index is 11.9. The van der Waals surface area contributed by atoms with Gasteiger partial charge < -0.3 is 16.4 Å². The van der Waals surface area contributed by atoms with Gasteiger partial charge in [-0.1, -0.05) is 12.1 Å². The molecule has 21 heavy (non-hydrogen) atoms. The summed E-state index contributed by atoms with van der Waals surface area (Å²) < 4.78 is 0. The Hall–Kier alpha value is -1.92. The summed E-state index contributed by atoms with van der Waals surface area (Å²) in [5.41, 5.74) is 7.25. The number of nitrogens with two attached hydrogens (primary N) is 1. The van der Waals surface area contributed by atoms with Crippen molar-refractivity contribution in [3.8, 4) is 0 Å². The molecule has 1 fully saturated rings. The Labute approximate surface area is 124 Å². The molecule has 2 amide bonds. The zero-order chi connectivity index (χ0) is 15.2. The first-order valence-corrected chi connectivity index (χ1v) is 7.13. The normalized spacial score (nSPS) is 14.0. The molecule has 0 saturated heterocycles. The SMILES string of the molecule is CN(CC(=O)Nc1cccc(CN)c1)CC(=O)NC1CC1. The Bertz CT molecular complexity index is 514. The van der Waals surface area contributed by atoms with Crippen LogP contribution in [0, 0.1) is 0 Å². The van der Waals surface area contributed by atoms with Crippen molar-refractivity contribution in [3.05, 3.63) is 29.8 Å². The quantitative estimate of drug-likeness (QED) is 0.674. The van der Waals surface area contributed by atoms with Crippen LogP contribution < -0.4 is 16.4 Å². The van der Waals surface area contributed by atoms with Gasteiger partial charge >= 0.3 is 0 Å². The molecule has 1 aromatic rings. The molecule has 1 aliphatic carbocycles. The highest BCUT2D eigenvalue weighted by molar-refractivity contribution is 5.92. The molecule has 0 spiro atoms. The Morgan fingerprint density at radius 3 is 2.67 bits per heavy atom. The second kappa shape index (κ2) is 7.19. The third-order valence-electron chi connectivity index (χ3n) is 3.22. The summed E-state index contributed by atoms with van der Waals surface area (Å²) in [4.78, 5) is 25.2. The number of carbonyl (C=O) groups excluding carboxylic acids is 2. The lowest BCUT2D eigenvalue weighted by Crippen LogP contribution is -2.39. The highest BCUT2D eigenvalue weighted by atomic mass is 16.2. The van der Waals surface area contributed by atoms with Crippen LogP contribution in [0.25, 0.3) is 0 Å². The predicted molar refractivity (Wildman–Crippen MR) is 81.6 cm³/mol. The summed E-state index contributed by atoms with van der Waals surface area (Å²) in [5.74, 6) is -0.177. The summed E-state index contributed by atoms with van der Waals surface area (Å²) in [6.45, 7) is 0.836. The van der Waals surface area contributed by atoms with Crippen LogP contribution in [0.1, 0.15) is 18.4 Å². The van der Waals surface area contributed by atoms with Gasteiger partial charge in [-0.15, -0.1) is 0 Å². The van der Waals surface area contributed by atoms with Crippen LogP contribution in [0.15, 0.2) is 24.3 Å². The van der Waals surface area contributed by atoms with E-state index in [1.54, 1.807) is 11.9 Å². The molecule has 2 rings (SSSR count). The highest BCUT2D eigenvalue weighted by Crippen LogP contribution is 2.18. The molecule has 114 valence electrons. The van der Waals surface area contributed by atoms with Crippen LogP contribution in [0.4, 0.5) is 5.69 Å². The van der Waals surface area contributed by atoms with E-state index < -0.39 is 0 Å². The molecular weight excluding hydrogens is 268 g/mol. The van der Waals surface area contributed by atoms with Crippen molar-refractivity contribution >= 4 is 17.5 Å². The van der Waals surface area contributed by atoms with Gasteiger partial charge in [-0.3, -0.25) is 14.5 Å². The van der Waals surface area contributed by atoms with Crippen molar-refractivity contribution in [2.45, 2.75) is 25.4 Å². The van der Waals surface area contributed by atoms with E-state index in [0.29, 0.717) is 12.6 Å². The minimum Gasteiger partial charge on any atom is -0.352 e. The van der Waals surface area contributed by atoms with Crippen LogP contribution in [0.5, 0.6) is 0 Å². The second-order valence-electron chi connectivity index (χ2n) is 5.47. The van der Waals surface area contributed by atoms with Gasteiger partial charge in [0, 0.05) is 18.3 Å². The molecule has 1 aromatic carbocycles. The first-order valence-electron chi connectivity index (χ1n) is 7.13. The first kappa shape index (κ1) is 15.5. The second-order valence-corrected chi connectivity index (χ2v) is 5.47. The number of amides is 2. The van der Waals surface area contributed by atoms with Gasteiger partial charge in [-0.2, -0.15) is 0 Å². The van der Waals surface area contributed by atoms with E-state index in [2.05, 4.69) is 10.6 Å². The van der Waals surface area contributed by atoms with E-state index in [4.69, 9.17) is 5.73 Å². The van der Waals surface area contributed by atoms with Crippen LogP contribution >= 0.6 is 0 Å². The van der Waals surface area contributed by atoms with Gasteiger partial charge in [0.05, 0.1) is 13.1 Å². The van der Waals surface area contributed by atoms with Gasteiger partial charge in [-0.05, 0) is 37.6 Å². The van der Waals surface area contributed by atoms with Crippen LogP contribution in [-0.4, -0.2) is 42.9 Å². The van der Waals surface area contributed by atoms with Gasteiger partial charge in [-0.25, -0.2) is 0 Å². The third kappa shape index (κ3) is 5.53. The Morgan fingerprint density at radius 1 is 1.29 bits per heavy atom. The van der Waals surface area contributed by atoms with Crippen molar-refractivity contribution in [2.75, 3.05) is 25.5 Å². The number of nitrogens with zero attached hydrogens (tertiary/aromatic N) is 1. The number of carbonyl (C=O) groups is 2. The van der Waals surface area contributed by atoms with E-state index in [0.717, 1.165) is 24.1 Å². The standard InChI is InChI=1S/C15H22N4O2/c1-19(9-14(20)17-12-5-6-12)10-15(21)18-13-4-2-3-11(7-13)8-16/h2-4,7,12H,5-6,8-10,16H2,1H3,(H,17,20)(H,18,21). The largest absolute Gasteiger partial charge is 0.352 e. The molecular formula is C15H22N4O2. The number of hydrogen-bond acceptors (Lipinski definition) is 4. The molecule has 0 atom stereocenters. The summed E-state index contributed by atoms with van der Waals surface area (Å²) in [5, 5.41) is 5.70. The molecule has 0 radical (unpaired) electrons. The Kier molecular flexibility index (Phi) is 5.30. The van der Waals surface area contributed by atoms with Crippen LogP contribution in [-0.2, 0) is 16.1 Å². The van der Waals surface area contributed by atoms with E-state index >= 15 is 0 Å². The minimum atomic E-state index is -0.147. The number of anilines is 1. The lowest BCUT2D eigenvalue weighted by atomic mass is 10.2. The summed E-state index contributed by atoms with van der Waals surface area (Å²) in [6.07, 6.45) is 2.13. The lowest BCUT2D eigenvalue weighted by Gasteiger charge is -2.16. The number of likely N-dealkylation sites (N-methyl/N-ethyl adjacent to an activating group) is 1. The Balaban J connectivity index is 1.75. The molecule has 6 heteroatoms. The molecule has 1 saturated carbocycles. The average Bonchev–Trinajstić information content (AvgIpc) is 3.22. The number of rotatable bonds is 7. The molecule has 0 heterocycles. The fourth-order valence-corrected chi connectivity index (χ4v) is 2.02. The van der Waals surface area contributed by atoms with Gasteiger partial charge in [0.15, 0.2) is 0 Å². The first-order chi connectivity index (χ1) is 10.1. The minimum absolute atomic E-state index is 0.0297. The highest BCUT2D eigenvalue weighted by Gasteiger charge is 2.23. The van der Waals surface area contributed by atoms with E-state index in [9.17, 15) is 9.59 Å². The lowest BCUT2D eigenvalue weighted by molar-refractivity contribution is -0.123. The van der Waals surface area contributed by atoms with Crippen molar-refractivity contribution in [3.63, 3.8) is 0 Å². The van der Waals surface area contributed by atoms with Crippen molar-refractivity contribution in [1.29, 1.82) is 0 Å². The third-order valence-corrected chi connectivity index (χ3v) is 3.22. The predicted octanol–water partition coefficient (Wildman–Crippen LogP) is 0.294. The Morgan fingerprint density at radius 2 is 2.00 bits per heavy atom. The van der Waals surface area contributed by atoms with E-state index in [-0.39, 0.29) is 24.9 Å². The summed E-state index contributed by atoms with van der Waals surface area (Å²) in [7, 11) is 1.75. The summed E-state index contributed by atoms with van der Waals surface area (Å²) >= 11 is 0. The maximum absolute atomic E-state index is 11.9. The fraction of sp³-hybridized carbons (Fsp3) is 0.467. The maximum Gasteiger partial charge on any atom is 0.238 e. The molecule has 0 unspecified atom stereocenters. The molecule has 1 aliphatic rings. The smallest absolute Gasteiger partial charge is 0.238 e. The van der Waals surface area contributed by atoms with E-state index in [1.165, 1.54) is 0 Å². The molecule has 4 N–H and O–H groups in total. The van der Waals surface area contributed by atoms with Crippen LogP contribution in [0.2, 0.25) is 0 Å². The fourth-order valence-electron chi connectivity index (χ4n) is 2.02. The average molecular weight is 290 g/mol. The molecule has 0 aliphatic heterocycles. The zero-order valence-electron chi connectivity index (χ0n) is 12.3. The van der Waals surface area contributed by atoms with Crippen molar-refractivity contribution < 1.29 is 9.59 Å². The van der Waals surface area contributed by atoms with E-state index in [1.807, 2.05) is 24.3 Å². The van der Waals surface area contributed by atoms with Gasteiger partial charge in [0.2, 0.25) is 11.8 Å². The van der Waals surface area contributed by atoms with Crippen molar-refractivity contribution in [2.24, 2.45) is 5.73 Å². The molecule has 0 aromatic heterocycles. The van der Waals surface area contributed by atoms with Gasteiger partial charge in [0.1, 0.15) is 0 Å². The molecule has 0 bridgehead atoms. The summed E-state index contributed by atoms with van der Waals surface area (Å²) in [6, 6.07) is 7.77. The monoisotopic (exact) mass is 290 g/mol. The van der Waals surface area contributed by atoms with Gasteiger partial charge in [0.25, 0.3) is 0 Å². The van der Waals surface area contributed by atoms with Crippen molar-refractivity contribution in [1.82, 2.24) is 10.2 Å². The zero-order valence-corrected chi connectivity index (χ0v) is 12.3. The number of hydrogen-bond donors (Lipinski definition) is 3. The van der Waals surface area contributed by atoms with Crippen LogP contribution in [0.3, 0.4) is 0 Å². The number of nitrogens with one attached hydrogen (secondary N) is 2.